The maximum atomic E-state index is 11.9. The van der Waals surface area contributed by atoms with E-state index in [-0.39, 0.29) is 12.7 Å². The number of allylic oxidation sites excluding steroid dienone is 3. The van der Waals surface area contributed by atoms with Crippen LogP contribution in [0.3, 0.4) is 0 Å². The minimum atomic E-state index is -0.332. The largest absolute Gasteiger partial charge is 0.380 e. The van der Waals surface area contributed by atoms with E-state index in [0.717, 1.165) is 5.70 Å². The van der Waals surface area contributed by atoms with E-state index in [2.05, 4.69) is 5.32 Å². The van der Waals surface area contributed by atoms with Gasteiger partial charge in [0.1, 0.15) is 6.67 Å². The third kappa shape index (κ3) is 1.56. The minimum Gasteiger partial charge on any atom is -0.380 e. The lowest BCUT2D eigenvalue weighted by Gasteiger charge is -2.15. The second kappa shape index (κ2) is 2.67. The summed E-state index contributed by atoms with van der Waals surface area (Å²) in [6.07, 6.45) is 5.61. The molecule has 1 N–H and O–H groups in total. The van der Waals surface area contributed by atoms with Gasteiger partial charge in [-0.2, -0.15) is 0 Å². The zero-order chi connectivity index (χ0) is 6.69. The summed E-state index contributed by atoms with van der Waals surface area (Å²) in [5.74, 6) is 0. The van der Waals surface area contributed by atoms with Gasteiger partial charge in [0, 0.05) is 5.70 Å². The van der Waals surface area contributed by atoms with Crippen LogP contribution in [0, 0.1) is 0 Å². The molecule has 1 rings (SSSR count). The van der Waals surface area contributed by atoms with Gasteiger partial charge in [0.15, 0.2) is 0 Å². The van der Waals surface area contributed by atoms with E-state index in [0.29, 0.717) is 0 Å². The molecule has 1 heterocycles. The fourth-order valence-electron chi connectivity index (χ4n) is 0.813. The molecule has 1 atom stereocenters. The van der Waals surface area contributed by atoms with E-state index in [1.54, 1.807) is 0 Å². The van der Waals surface area contributed by atoms with Crippen LogP contribution < -0.4 is 5.32 Å². The Labute approximate surface area is 54.3 Å². The van der Waals surface area contributed by atoms with Crippen molar-refractivity contribution in [3.63, 3.8) is 0 Å². The van der Waals surface area contributed by atoms with Gasteiger partial charge < -0.3 is 5.32 Å². The smallest absolute Gasteiger partial charge is 0.113 e. The van der Waals surface area contributed by atoms with E-state index in [4.69, 9.17) is 0 Å². The number of rotatable bonds is 1. The first-order chi connectivity index (χ1) is 4.33. The quantitative estimate of drug-likeness (QED) is 0.561. The Morgan fingerprint density at radius 1 is 1.78 bits per heavy atom. The Morgan fingerprint density at radius 3 is 3.00 bits per heavy atom. The Balaban J connectivity index is 2.51. The Kier molecular flexibility index (Phi) is 1.88. The zero-order valence-corrected chi connectivity index (χ0v) is 5.39. The lowest BCUT2D eigenvalue weighted by atomic mass is 10.2. The number of nitrogens with one attached hydrogen (secondary N) is 1. The van der Waals surface area contributed by atoms with Crippen molar-refractivity contribution in [1.29, 1.82) is 0 Å². The van der Waals surface area contributed by atoms with Crippen LogP contribution in [0.4, 0.5) is 4.39 Å². The average molecular weight is 127 g/mol. The highest BCUT2D eigenvalue weighted by molar-refractivity contribution is 5.18. The fourth-order valence-corrected chi connectivity index (χ4v) is 0.813. The van der Waals surface area contributed by atoms with Crippen molar-refractivity contribution in [3.8, 4) is 0 Å². The fraction of sp³-hybridized carbons (Fsp3) is 0.429. The molecule has 0 aromatic heterocycles. The lowest BCUT2D eigenvalue weighted by molar-refractivity contribution is 0.433. The molecule has 1 aliphatic rings. The van der Waals surface area contributed by atoms with Crippen LogP contribution in [-0.2, 0) is 0 Å². The summed E-state index contributed by atoms with van der Waals surface area (Å²) in [6, 6.07) is -0.102. The summed E-state index contributed by atoms with van der Waals surface area (Å²) in [7, 11) is 0. The minimum absolute atomic E-state index is 0.102. The summed E-state index contributed by atoms with van der Waals surface area (Å²) < 4.78 is 11.9. The molecule has 0 spiro atoms. The van der Waals surface area contributed by atoms with Crippen molar-refractivity contribution in [3.05, 3.63) is 23.9 Å². The average Bonchev–Trinajstić information content (AvgIpc) is 1.88. The van der Waals surface area contributed by atoms with Crippen LogP contribution in [-0.4, -0.2) is 12.7 Å². The molecule has 0 aliphatic carbocycles. The normalized spacial score (nSPS) is 25.1. The molecule has 1 aliphatic heterocycles. The van der Waals surface area contributed by atoms with Gasteiger partial charge in [-0.15, -0.1) is 0 Å². The second-order valence-corrected chi connectivity index (χ2v) is 2.14. The van der Waals surface area contributed by atoms with Crippen molar-refractivity contribution in [2.75, 3.05) is 6.67 Å². The van der Waals surface area contributed by atoms with Crippen molar-refractivity contribution in [1.82, 2.24) is 5.32 Å². The van der Waals surface area contributed by atoms with E-state index < -0.39 is 0 Å². The van der Waals surface area contributed by atoms with Gasteiger partial charge in [-0.25, -0.2) is 4.39 Å². The van der Waals surface area contributed by atoms with E-state index in [1.165, 1.54) is 0 Å². The molecule has 2 heteroatoms. The van der Waals surface area contributed by atoms with Crippen LogP contribution >= 0.6 is 0 Å². The van der Waals surface area contributed by atoms with Gasteiger partial charge in [0.05, 0.1) is 6.04 Å². The predicted molar refractivity (Wildman–Crippen MR) is 35.8 cm³/mol. The molecule has 0 radical (unpaired) electrons. The second-order valence-electron chi connectivity index (χ2n) is 2.14. The molecule has 0 bridgehead atoms. The van der Waals surface area contributed by atoms with Gasteiger partial charge in [-0.3, -0.25) is 0 Å². The lowest BCUT2D eigenvalue weighted by Crippen LogP contribution is -2.28. The van der Waals surface area contributed by atoms with Gasteiger partial charge in [-0.05, 0) is 13.0 Å². The Bertz CT molecular complexity index is 149. The summed E-state index contributed by atoms with van der Waals surface area (Å²) in [5, 5.41) is 2.97. The summed E-state index contributed by atoms with van der Waals surface area (Å²) >= 11 is 0. The number of dihydropyridines is 1. The third-order valence-electron chi connectivity index (χ3n) is 1.27. The molecule has 0 saturated heterocycles. The van der Waals surface area contributed by atoms with Gasteiger partial charge >= 0.3 is 0 Å². The Morgan fingerprint density at radius 2 is 2.56 bits per heavy atom. The monoisotopic (exact) mass is 127 g/mol. The van der Waals surface area contributed by atoms with Crippen LogP contribution in [0.2, 0.25) is 0 Å². The maximum absolute atomic E-state index is 11.9. The maximum Gasteiger partial charge on any atom is 0.113 e. The molecule has 0 aromatic carbocycles. The van der Waals surface area contributed by atoms with Crippen LogP contribution in [0.5, 0.6) is 0 Å². The van der Waals surface area contributed by atoms with Crippen molar-refractivity contribution < 1.29 is 4.39 Å². The molecule has 1 unspecified atom stereocenters. The SMILES string of the molecule is CC1=CC=CC(CF)N1. The molecule has 0 saturated carbocycles. The van der Waals surface area contributed by atoms with E-state index in [1.807, 2.05) is 25.2 Å². The third-order valence-corrected chi connectivity index (χ3v) is 1.27. The highest BCUT2D eigenvalue weighted by Crippen LogP contribution is 2.00. The summed E-state index contributed by atoms with van der Waals surface area (Å²) in [5.41, 5.74) is 1.03. The number of alkyl halides is 1. The topological polar surface area (TPSA) is 12.0 Å². The number of hydrogen-bond acceptors (Lipinski definition) is 1. The molecule has 1 nitrogen and oxygen atoms in total. The molecule has 0 amide bonds. The molecular weight excluding hydrogens is 117 g/mol. The Hall–Kier alpha value is -0.790. The number of halogens is 1. The molecule has 0 aromatic rings. The number of hydrogen-bond donors (Lipinski definition) is 1. The summed E-state index contributed by atoms with van der Waals surface area (Å²) in [6.45, 7) is 1.59. The highest BCUT2D eigenvalue weighted by atomic mass is 19.1. The van der Waals surface area contributed by atoms with Crippen molar-refractivity contribution >= 4 is 0 Å². The molecule has 0 fully saturated rings. The summed E-state index contributed by atoms with van der Waals surface area (Å²) in [4.78, 5) is 0. The molecular formula is C7H10FN. The molecule has 9 heavy (non-hydrogen) atoms. The van der Waals surface area contributed by atoms with E-state index >= 15 is 0 Å². The first kappa shape index (κ1) is 6.33. The van der Waals surface area contributed by atoms with Crippen LogP contribution in [0.15, 0.2) is 23.9 Å². The highest BCUT2D eigenvalue weighted by Gasteiger charge is 2.04. The van der Waals surface area contributed by atoms with Crippen molar-refractivity contribution in [2.24, 2.45) is 0 Å². The van der Waals surface area contributed by atoms with Crippen LogP contribution in [0.1, 0.15) is 6.92 Å². The molecule has 50 valence electrons. The van der Waals surface area contributed by atoms with Gasteiger partial charge in [0.25, 0.3) is 0 Å². The zero-order valence-electron chi connectivity index (χ0n) is 5.39. The predicted octanol–water partition coefficient (Wildman–Crippen LogP) is 1.39. The standard InChI is InChI=1S/C7H10FN/c1-6-3-2-4-7(5-8)9-6/h2-4,7,9H,5H2,1H3. The van der Waals surface area contributed by atoms with Crippen LogP contribution in [0.25, 0.3) is 0 Å². The first-order valence-electron chi connectivity index (χ1n) is 3.00. The van der Waals surface area contributed by atoms with Crippen molar-refractivity contribution in [2.45, 2.75) is 13.0 Å². The van der Waals surface area contributed by atoms with Gasteiger partial charge in [-0.1, -0.05) is 12.2 Å². The van der Waals surface area contributed by atoms with E-state index in [9.17, 15) is 4.39 Å². The van der Waals surface area contributed by atoms with Gasteiger partial charge in [0.2, 0.25) is 0 Å². The first-order valence-corrected chi connectivity index (χ1v) is 3.00.